The summed E-state index contributed by atoms with van der Waals surface area (Å²) in [7, 11) is -0.915. The molecular weight excluding hydrogens is 563 g/mol. The molecule has 0 aliphatic heterocycles. The van der Waals surface area contributed by atoms with Gasteiger partial charge in [-0.15, -0.1) is 0 Å². The molecule has 0 atom stereocenters. The van der Waals surface area contributed by atoms with Crippen molar-refractivity contribution in [2.24, 2.45) is 0 Å². The first kappa shape index (κ1) is 32.6. The van der Waals surface area contributed by atoms with Crippen LogP contribution in [0.15, 0.2) is 30.3 Å². The first-order valence-corrected chi connectivity index (χ1v) is 19.1. The lowest BCUT2D eigenvalue weighted by atomic mass is 10.1. The molecule has 0 amide bonds. The fourth-order valence-corrected chi connectivity index (χ4v) is 10.7. The van der Waals surface area contributed by atoms with E-state index in [-0.39, 0.29) is 0 Å². The lowest BCUT2D eigenvalue weighted by Crippen LogP contribution is -2.12. The molecule has 0 N–H and O–H groups in total. The van der Waals surface area contributed by atoms with Crippen LogP contribution < -0.4 is 0 Å². The molecule has 0 heterocycles. The van der Waals surface area contributed by atoms with Gasteiger partial charge in [-0.25, -0.2) is 0 Å². The predicted octanol–water partition coefficient (Wildman–Crippen LogP) is 12.4. The molecule has 0 aliphatic carbocycles. The van der Waals surface area contributed by atoms with Crippen molar-refractivity contribution >= 4 is 39.1 Å². The normalized spacial score (nSPS) is 12.0. The molecule has 198 valence electrons. The van der Waals surface area contributed by atoms with Gasteiger partial charge in [-0.05, 0) is 50.5 Å². The third kappa shape index (κ3) is 17.9. The molecule has 0 saturated carbocycles. The second kappa shape index (κ2) is 22.8. The Morgan fingerprint density at radius 1 is 0.559 bits per heavy atom. The monoisotopic (exact) mass is 617 g/mol. The quantitative estimate of drug-likeness (QED) is 0.0614. The van der Waals surface area contributed by atoms with E-state index >= 15 is 0 Å². The standard InChI is InChI=1S/C31H56Br2P/c1-3-5-7-9-13-20-26-34(27-21-14-10-8-6-4-2,29-30-23-17-16-18-24-30)28-22-15-11-12-19-25-31(32)33/h16-18,23-24,31H,3-15,19-22,25-29H2,1-2H3/q+1. The van der Waals surface area contributed by atoms with Gasteiger partial charge in [0.25, 0.3) is 0 Å². The molecule has 0 unspecified atom stereocenters. The van der Waals surface area contributed by atoms with Crippen LogP contribution in [0.2, 0.25) is 0 Å². The van der Waals surface area contributed by atoms with E-state index in [9.17, 15) is 0 Å². The number of hydrogen-bond acceptors (Lipinski definition) is 0. The van der Waals surface area contributed by atoms with Crippen LogP contribution in [0.5, 0.6) is 0 Å². The van der Waals surface area contributed by atoms with E-state index in [1.165, 1.54) is 122 Å². The summed E-state index contributed by atoms with van der Waals surface area (Å²) in [6.07, 6.45) is 31.7. The van der Waals surface area contributed by atoms with E-state index in [1.807, 2.05) is 0 Å². The van der Waals surface area contributed by atoms with E-state index in [1.54, 1.807) is 24.0 Å². The van der Waals surface area contributed by atoms with Crippen molar-refractivity contribution < 1.29 is 0 Å². The average Bonchev–Trinajstić information content (AvgIpc) is 2.83. The predicted molar refractivity (Wildman–Crippen MR) is 168 cm³/mol. The van der Waals surface area contributed by atoms with Crippen molar-refractivity contribution in [1.29, 1.82) is 0 Å². The van der Waals surface area contributed by atoms with Crippen LogP contribution in [0.25, 0.3) is 0 Å². The maximum absolute atomic E-state index is 3.62. The summed E-state index contributed by atoms with van der Waals surface area (Å²) in [6, 6.07) is 11.5. The number of rotatable bonds is 24. The van der Waals surface area contributed by atoms with E-state index < -0.39 is 7.26 Å². The van der Waals surface area contributed by atoms with Crippen LogP contribution in [0.1, 0.15) is 135 Å². The Balaban J connectivity index is 2.68. The molecule has 0 spiro atoms. The Morgan fingerprint density at radius 2 is 0.971 bits per heavy atom. The fraction of sp³-hybridized carbons (Fsp3) is 0.806. The molecule has 0 aromatic heterocycles. The number of halogens is 2. The molecule has 3 heteroatoms. The molecule has 0 fully saturated rings. The second-order valence-corrected chi connectivity index (χ2v) is 18.4. The summed E-state index contributed by atoms with van der Waals surface area (Å²) in [4.78, 5) is 0. The van der Waals surface area contributed by atoms with Gasteiger partial charge >= 0.3 is 0 Å². The van der Waals surface area contributed by atoms with Crippen LogP contribution >= 0.6 is 39.1 Å². The van der Waals surface area contributed by atoms with Gasteiger partial charge in [-0.1, -0.05) is 147 Å². The highest BCUT2D eigenvalue weighted by atomic mass is 79.9. The zero-order chi connectivity index (χ0) is 24.7. The smallest absolute Gasteiger partial charge is 0.0765 e. The highest BCUT2D eigenvalue weighted by Gasteiger charge is 2.35. The number of benzene rings is 1. The van der Waals surface area contributed by atoms with Crippen LogP contribution in [0.4, 0.5) is 0 Å². The average molecular weight is 620 g/mol. The summed E-state index contributed by atoms with van der Waals surface area (Å²) in [5, 5.41) is 0. The number of alkyl halides is 2. The largest absolute Gasteiger partial charge is 0.0842 e. The van der Waals surface area contributed by atoms with Crippen LogP contribution in [0.3, 0.4) is 0 Å². The van der Waals surface area contributed by atoms with E-state index in [4.69, 9.17) is 0 Å². The number of unbranched alkanes of at least 4 members (excludes halogenated alkanes) is 14. The first-order chi connectivity index (χ1) is 16.6. The lowest BCUT2D eigenvalue weighted by molar-refractivity contribution is 0.615. The highest BCUT2D eigenvalue weighted by Crippen LogP contribution is 2.63. The molecule has 0 radical (unpaired) electrons. The van der Waals surface area contributed by atoms with Crippen molar-refractivity contribution in [2.75, 3.05) is 18.5 Å². The highest BCUT2D eigenvalue weighted by molar-refractivity contribution is 9.24. The molecule has 1 aromatic carbocycles. The minimum absolute atomic E-state index is 0.499. The summed E-state index contributed by atoms with van der Waals surface area (Å²) in [5.74, 6) is 0. The van der Waals surface area contributed by atoms with Crippen molar-refractivity contribution in [2.45, 2.75) is 139 Å². The van der Waals surface area contributed by atoms with E-state index in [0.717, 1.165) is 0 Å². The Kier molecular flexibility index (Phi) is 21.9. The Morgan fingerprint density at radius 3 is 1.41 bits per heavy atom. The zero-order valence-corrected chi connectivity index (χ0v) is 26.8. The van der Waals surface area contributed by atoms with Gasteiger partial charge in [0.1, 0.15) is 0 Å². The van der Waals surface area contributed by atoms with Crippen molar-refractivity contribution in [1.82, 2.24) is 0 Å². The van der Waals surface area contributed by atoms with Crippen molar-refractivity contribution in [3.05, 3.63) is 35.9 Å². The van der Waals surface area contributed by atoms with Gasteiger partial charge < -0.3 is 0 Å². The van der Waals surface area contributed by atoms with Gasteiger partial charge in [0.2, 0.25) is 0 Å². The third-order valence-electron chi connectivity index (χ3n) is 7.39. The number of hydrogen-bond donors (Lipinski definition) is 0. The minimum atomic E-state index is -0.915. The van der Waals surface area contributed by atoms with Gasteiger partial charge in [-0.2, -0.15) is 0 Å². The van der Waals surface area contributed by atoms with Crippen LogP contribution in [0, 0.1) is 0 Å². The SMILES string of the molecule is CCCCCCCC[P+](CCCCCCCC)(CCCCCCCC(Br)Br)Cc1ccccc1. The Hall–Kier alpha value is 0.610. The summed E-state index contributed by atoms with van der Waals surface area (Å²) >= 11 is 7.25. The Bertz CT molecular complexity index is 530. The maximum atomic E-state index is 3.62. The Labute approximate surface area is 231 Å². The molecule has 34 heavy (non-hydrogen) atoms. The lowest BCUT2D eigenvalue weighted by Gasteiger charge is -2.28. The molecule has 1 rings (SSSR count). The van der Waals surface area contributed by atoms with Gasteiger partial charge in [0.15, 0.2) is 0 Å². The maximum Gasteiger partial charge on any atom is 0.0842 e. The van der Waals surface area contributed by atoms with Crippen LogP contribution in [-0.2, 0) is 6.16 Å². The van der Waals surface area contributed by atoms with E-state index in [2.05, 4.69) is 76.0 Å². The summed E-state index contributed by atoms with van der Waals surface area (Å²) in [5.41, 5.74) is 1.62. The third-order valence-corrected chi connectivity index (χ3v) is 13.1. The molecule has 0 bridgehead atoms. The zero-order valence-electron chi connectivity index (χ0n) is 22.7. The molecule has 0 nitrogen and oxygen atoms in total. The van der Waals surface area contributed by atoms with E-state index in [0.29, 0.717) is 3.74 Å². The van der Waals surface area contributed by atoms with Gasteiger partial charge in [0.05, 0.1) is 28.4 Å². The van der Waals surface area contributed by atoms with Gasteiger partial charge in [0, 0.05) is 7.26 Å². The van der Waals surface area contributed by atoms with Gasteiger partial charge in [-0.3, -0.25) is 0 Å². The van der Waals surface area contributed by atoms with Crippen molar-refractivity contribution in [3.8, 4) is 0 Å². The van der Waals surface area contributed by atoms with Crippen LogP contribution in [-0.4, -0.2) is 22.2 Å². The van der Waals surface area contributed by atoms with Crippen molar-refractivity contribution in [3.63, 3.8) is 0 Å². The minimum Gasteiger partial charge on any atom is -0.0765 e. The summed E-state index contributed by atoms with van der Waals surface area (Å²) in [6.45, 7) is 4.66. The molecular formula is C31H56Br2P+. The molecule has 0 saturated heterocycles. The summed E-state index contributed by atoms with van der Waals surface area (Å²) < 4.78 is 0.499. The second-order valence-electron chi connectivity index (χ2n) is 10.6. The first-order valence-electron chi connectivity index (χ1n) is 14.8. The molecule has 0 aliphatic rings. The topological polar surface area (TPSA) is 0 Å². The fourth-order valence-electron chi connectivity index (χ4n) is 5.27. The molecule has 1 aromatic rings.